The molecule has 0 bridgehead atoms. The SMILES string of the molecule is CN[C@@H](C)C(=S)N[C@H]1CCS[C@H]2CC(C)(C)[C@@H](C(=O)N[C@H]3c4ccccc4C[C@H]3OCCOCCO[C@@H]3Cc4ccccc4[C@@H]3NC(=O)[C@H]3N4C(=O)[C@@H](NC(=S)[C@H](C)NC)CCS[C@H]4CC3(C)C)N2C1=O.Cl.Cl. The van der Waals surface area contributed by atoms with E-state index >= 15 is 0 Å². The van der Waals surface area contributed by atoms with Crippen LogP contribution in [0.2, 0.25) is 0 Å². The molecule has 4 amide bonds. The van der Waals surface area contributed by atoms with Crippen LogP contribution >= 0.6 is 72.8 Å². The summed E-state index contributed by atoms with van der Waals surface area (Å²) < 4.78 is 19.1. The fourth-order valence-corrected chi connectivity index (χ4v) is 15.1. The molecule has 8 rings (SSSR count). The highest BCUT2D eigenvalue weighted by molar-refractivity contribution is 8.00. The second-order valence-electron chi connectivity index (χ2n) is 21.3. The van der Waals surface area contributed by atoms with E-state index in [4.69, 9.17) is 38.6 Å². The number of ether oxygens (including phenoxy) is 3. The van der Waals surface area contributed by atoms with Crippen molar-refractivity contribution in [2.75, 3.05) is 52.0 Å². The number of nitrogens with one attached hydrogen (secondary N) is 6. The first-order chi connectivity index (χ1) is 33.9. The number of carbonyl (C=O) groups excluding carboxylic acids is 4. The highest BCUT2D eigenvalue weighted by atomic mass is 35.5. The molecule has 2 aromatic rings. The Hall–Kier alpha value is -2.82. The van der Waals surface area contributed by atoms with Gasteiger partial charge in [0.05, 0.1) is 83.5 Å². The van der Waals surface area contributed by atoms with Crippen LogP contribution in [0.4, 0.5) is 0 Å². The number of carbonyl (C=O) groups is 4. The first-order valence-electron chi connectivity index (χ1n) is 25.3. The Morgan fingerprint density at radius 1 is 0.644 bits per heavy atom. The van der Waals surface area contributed by atoms with Crippen LogP contribution in [-0.4, -0.2) is 155 Å². The molecule has 2 aromatic carbocycles. The van der Waals surface area contributed by atoms with Gasteiger partial charge < -0.3 is 55.9 Å². The van der Waals surface area contributed by atoms with Gasteiger partial charge in [-0.05, 0) is 98.2 Å². The lowest BCUT2D eigenvalue weighted by molar-refractivity contribution is -0.143. The summed E-state index contributed by atoms with van der Waals surface area (Å²) in [6, 6.07) is 12.9. The van der Waals surface area contributed by atoms with Gasteiger partial charge >= 0.3 is 0 Å². The van der Waals surface area contributed by atoms with Crippen molar-refractivity contribution >= 4 is 106 Å². The van der Waals surface area contributed by atoms with Crippen LogP contribution in [0.1, 0.15) is 102 Å². The van der Waals surface area contributed by atoms with Gasteiger partial charge in [-0.15, -0.1) is 48.3 Å². The van der Waals surface area contributed by atoms with E-state index in [1.54, 1.807) is 23.5 Å². The van der Waals surface area contributed by atoms with Crippen molar-refractivity contribution in [3.8, 4) is 0 Å². The van der Waals surface area contributed by atoms with Crippen molar-refractivity contribution in [1.82, 2.24) is 41.7 Å². The third-order valence-electron chi connectivity index (χ3n) is 15.5. The van der Waals surface area contributed by atoms with E-state index in [1.165, 1.54) is 0 Å². The smallest absolute Gasteiger partial charge is 0.246 e. The summed E-state index contributed by atoms with van der Waals surface area (Å²) in [5.74, 6) is 1.03. The summed E-state index contributed by atoms with van der Waals surface area (Å²) in [6.07, 6.45) is 3.29. The Labute approximate surface area is 463 Å². The minimum Gasteiger partial charge on any atom is -0.377 e. The number of nitrogens with zero attached hydrogens (tertiary/aromatic N) is 2. The van der Waals surface area contributed by atoms with Gasteiger partial charge in [0, 0.05) is 12.8 Å². The second kappa shape index (κ2) is 25.6. The van der Waals surface area contributed by atoms with Crippen LogP contribution in [0.25, 0.3) is 0 Å². The van der Waals surface area contributed by atoms with Crippen molar-refractivity contribution in [1.29, 1.82) is 0 Å². The van der Waals surface area contributed by atoms with Crippen molar-refractivity contribution in [3.63, 3.8) is 0 Å². The topological polar surface area (TPSA) is 175 Å². The highest BCUT2D eigenvalue weighted by Crippen LogP contribution is 2.48. The highest BCUT2D eigenvalue weighted by Gasteiger charge is 2.57. The Balaban J connectivity index is 0.00000435. The normalized spacial score (nSPS) is 29.4. The minimum absolute atomic E-state index is 0. The monoisotopic (exact) mass is 1120 g/mol. The fraction of sp³-hybridized carbons (Fsp3) is 0.654. The van der Waals surface area contributed by atoms with Crippen LogP contribution in [0, 0.1) is 10.8 Å². The summed E-state index contributed by atoms with van der Waals surface area (Å²) in [7, 11) is 3.68. The zero-order valence-electron chi connectivity index (χ0n) is 43.2. The molecule has 0 radical (unpaired) electrons. The maximum absolute atomic E-state index is 14.6. The predicted octanol–water partition coefficient (Wildman–Crippen LogP) is 5.41. The molecule has 6 aliphatic rings. The Morgan fingerprint density at radius 3 is 1.41 bits per heavy atom. The molecule has 0 unspecified atom stereocenters. The number of likely N-dealkylation sites (N-methyl/N-ethyl adjacent to an activating group) is 2. The predicted molar refractivity (Wildman–Crippen MR) is 303 cm³/mol. The lowest BCUT2D eigenvalue weighted by atomic mass is 9.83. The van der Waals surface area contributed by atoms with Gasteiger partial charge in [0.25, 0.3) is 0 Å². The number of thioether (sulfide) groups is 2. The number of fused-ring (bicyclic) bond motifs is 4. The third-order valence-corrected chi connectivity index (χ3v) is 18.9. The molecule has 73 heavy (non-hydrogen) atoms. The third kappa shape index (κ3) is 13.0. The van der Waals surface area contributed by atoms with Crippen LogP contribution in [-0.2, 0) is 46.2 Å². The number of hydrogen-bond donors (Lipinski definition) is 6. The molecule has 21 heteroatoms. The minimum atomic E-state index is -0.667. The van der Waals surface area contributed by atoms with Gasteiger partial charge in [-0.3, -0.25) is 19.2 Å². The summed E-state index contributed by atoms with van der Waals surface area (Å²) in [6.45, 7) is 13.5. The molecule has 6 N–H and O–H groups in total. The molecule has 4 heterocycles. The molecule has 404 valence electrons. The van der Waals surface area contributed by atoms with Crippen molar-refractivity contribution < 1.29 is 33.4 Å². The van der Waals surface area contributed by atoms with Crippen LogP contribution in [0.15, 0.2) is 48.5 Å². The standard InChI is InChI=1S/C52H74N8O7S4.2ClH/c1-29(53-7)47(68)55-35-17-23-70-39-27-51(3,4)43(59(39)49(35)63)45(61)57-41-33-15-11-9-13-31(33)25-37(41)66-21-19-65-20-22-67-38-26-32-14-10-12-16-34(32)42(38)58-46(62)44-52(5,6)28-40-60(44)50(64)36(18-24-71-40)56-48(69)30(2)54-8;;/h9-16,29-30,35-44,53-54H,17-28H2,1-8H3,(H,55,68)(H,56,69)(H,57,61)(H,58,62);2*1H/t29-,30-,35-,36-,37+,38+,39-,40-,41-,42-,43+,44+;;/m0../s1. The zero-order chi connectivity index (χ0) is 50.8. The maximum atomic E-state index is 14.6. The van der Waals surface area contributed by atoms with Crippen LogP contribution in [0.3, 0.4) is 0 Å². The van der Waals surface area contributed by atoms with Crippen molar-refractivity contribution in [3.05, 3.63) is 70.8 Å². The summed E-state index contributed by atoms with van der Waals surface area (Å²) in [5, 5.41) is 19.4. The van der Waals surface area contributed by atoms with Crippen molar-refractivity contribution in [2.24, 2.45) is 10.8 Å². The number of hydrogen-bond acceptors (Lipinski definition) is 13. The van der Waals surface area contributed by atoms with Crippen LogP contribution < -0.4 is 31.9 Å². The number of rotatable bonds is 18. The largest absolute Gasteiger partial charge is 0.377 e. The zero-order valence-corrected chi connectivity index (χ0v) is 48.1. The second-order valence-corrected chi connectivity index (χ2v) is 24.7. The first-order valence-corrected chi connectivity index (χ1v) is 28.3. The molecule has 4 aliphatic heterocycles. The van der Waals surface area contributed by atoms with Gasteiger partial charge in [-0.2, -0.15) is 0 Å². The number of halogens is 2. The van der Waals surface area contributed by atoms with Gasteiger partial charge in [0.15, 0.2) is 0 Å². The van der Waals surface area contributed by atoms with E-state index in [1.807, 2.05) is 74.1 Å². The summed E-state index contributed by atoms with van der Waals surface area (Å²) >= 11 is 14.7. The van der Waals surface area contributed by atoms with Gasteiger partial charge in [0.1, 0.15) is 24.2 Å². The molecule has 0 aromatic heterocycles. The number of benzene rings is 2. The first kappa shape index (κ1) is 59.4. The van der Waals surface area contributed by atoms with E-state index in [9.17, 15) is 19.2 Å². The molecular weight excluding hydrogens is 1050 g/mol. The molecular formula is C52H76Cl2N8O7S4. The van der Waals surface area contributed by atoms with Crippen LogP contribution in [0.5, 0.6) is 0 Å². The molecule has 4 fully saturated rings. The average molecular weight is 1120 g/mol. The number of amides is 4. The lowest BCUT2D eigenvalue weighted by Gasteiger charge is -2.35. The molecule has 0 spiro atoms. The summed E-state index contributed by atoms with van der Waals surface area (Å²) in [4.78, 5) is 62.7. The van der Waals surface area contributed by atoms with E-state index in [-0.39, 0.29) is 83.5 Å². The van der Waals surface area contributed by atoms with E-state index in [0.717, 1.165) is 33.8 Å². The Kier molecular flexibility index (Phi) is 20.8. The fourth-order valence-electron chi connectivity index (χ4n) is 11.4. The Morgan fingerprint density at radius 2 is 1.03 bits per heavy atom. The lowest BCUT2D eigenvalue weighted by Crippen LogP contribution is -2.58. The van der Waals surface area contributed by atoms with E-state index in [2.05, 4.69) is 71.7 Å². The van der Waals surface area contributed by atoms with E-state index in [0.29, 0.717) is 74.9 Å². The molecule has 0 saturated carbocycles. The molecule has 12 atom stereocenters. The van der Waals surface area contributed by atoms with Gasteiger partial charge in [-0.25, -0.2) is 0 Å². The quantitative estimate of drug-likeness (QED) is 0.0826. The Bertz CT molecular complexity index is 2160. The maximum Gasteiger partial charge on any atom is 0.246 e. The molecule has 2 aliphatic carbocycles. The van der Waals surface area contributed by atoms with Gasteiger partial charge in [-0.1, -0.05) is 101 Å². The van der Waals surface area contributed by atoms with Gasteiger partial charge in [0.2, 0.25) is 23.6 Å². The van der Waals surface area contributed by atoms with Crippen molar-refractivity contribution in [2.45, 2.75) is 151 Å². The average Bonchev–Trinajstić information content (AvgIpc) is 3.98. The van der Waals surface area contributed by atoms with E-state index < -0.39 is 47.1 Å². The molecule has 4 saturated heterocycles. The molecule has 15 nitrogen and oxygen atoms in total. The summed E-state index contributed by atoms with van der Waals surface area (Å²) in [5.41, 5.74) is 3.35. The number of thiocarbonyl (C=S) groups is 2.